The molecule has 0 aliphatic heterocycles. The molecule has 1 aromatic heterocycles. The Hall–Kier alpha value is -0.390. The van der Waals surface area contributed by atoms with E-state index in [1.807, 2.05) is 18.7 Å². The first-order valence-electron chi connectivity index (χ1n) is 6.30. The molecule has 104 valence electrons. The summed E-state index contributed by atoms with van der Waals surface area (Å²) >= 11 is 3.62. The molecule has 0 fully saturated rings. The number of rotatable bonds is 6. The van der Waals surface area contributed by atoms with E-state index in [-0.39, 0.29) is 11.6 Å². The van der Waals surface area contributed by atoms with Gasteiger partial charge in [0.05, 0.1) is 21.5 Å². The van der Waals surface area contributed by atoms with Gasteiger partial charge in [-0.25, -0.2) is 0 Å². The minimum absolute atomic E-state index is 0.215. The van der Waals surface area contributed by atoms with E-state index >= 15 is 0 Å². The molecule has 0 bridgehead atoms. The molecule has 0 aliphatic rings. The standard InChI is InChI=1S/C13H24BrN3O/c1-7-15-11(13(3,4)18-6)8-10-12(14)9(2)16-17(10)5/h11,15H,7-8H2,1-6H3. The van der Waals surface area contributed by atoms with Crippen molar-refractivity contribution in [2.75, 3.05) is 13.7 Å². The van der Waals surface area contributed by atoms with E-state index in [1.54, 1.807) is 7.11 Å². The maximum Gasteiger partial charge on any atom is 0.0778 e. The van der Waals surface area contributed by atoms with Crippen molar-refractivity contribution < 1.29 is 4.74 Å². The summed E-state index contributed by atoms with van der Waals surface area (Å²) in [6, 6.07) is 0.249. The molecule has 1 heterocycles. The fraction of sp³-hybridized carbons (Fsp3) is 0.769. The van der Waals surface area contributed by atoms with Crippen LogP contribution in [-0.4, -0.2) is 35.1 Å². The summed E-state index contributed by atoms with van der Waals surface area (Å²) in [6.07, 6.45) is 0.882. The SMILES string of the molecule is CCNC(Cc1c(Br)c(C)nn1C)C(C)(C)OC. The molecule has 18 heavy (non-hydrogen) atoms. The zero-order valence-electron chi connectivity index (χ0n) is 12.2. The van der Waals surface area contributed by atoms with Crippen LogP contribution in [-0.2, 0) is 18.2 Å². The van der Waals surface area contributed by atoms with E-state index in [1.165, 1.54) is 5.69 Å². The monoisotopic (exact) mass is 317 g/mol. The average molecular weight is 318 g/mol. The topological polar surface area (TPSA) is 39.1 Å². The number of aromatic nitrogens is 2. The van der Waals surface area contributed by atoms with E-state index in [9.17, 15) is 0 Å². The van der Waals surface area contributed by atoms with Gasteiger partial charge in [0.25, 0.3) is 0 Å². The predicted octanol–water partition coefficient (Wildman–Crippen LogP) is 2.44. The van der Waals surface area contributed by atoms with Crippen LogP contribution >= 0.6 is 15.9 Å². The smallest absolute Gasteiger partial charge is 0.0778 e. The third kappa shape index (κ3) is 3.33. The Bertz CT molecular complexity index is 401. The van der Waals surface area contributed by atoms with Crippen LogP contribution in [0.15, 0.2) is 4.47 Å². The van der Waals surface area contributed by atoms with Gasteiger partial charge in [-0.15, -0.1) is 0 Å². The van der Waals surface area contributed by atoms with Gasteiger partial charge >= 0.3 is 0 Å². The van der Waals surface area contributed by atoms with E-state index in [2.05, 4.69) is 47.1 Å². The van der Waals surface area contributed by atoms with Gasteiger partial charge in [0.1, 0.15) is 0 Å². The lowest BCUT2D eigenvalue weighted by atomic mass is 9.94. The van der Waals surface area contributed by atoms with Crippen molar-refractivity contribution in [2.24, 2.45) is 7.05 Å². The quantitative estimate of drug-likeness (QED) is 0.876. The number of nitrogens with one attached hydrogen (secondary N) is 1. The van der Waals surface area contributed by atoms with Crippen molar-refractivity contribution in [3.8, 4) is 0 Å². The van der Waals surface area contributed by atoms with Crippen LogP contribution in [0.5, 0.6) is 0 Å². The Kier molecular flexibility index (Phi) is 5.37. The molecule has 0 aliphatic carbocycles. The maximum absolute atomic E-state index is 5.60. The number of ether oxygens (including phenoxy) is 1. The van der Waals surface area contributed by atoms with Crippen LogP contribution in [0.25, 0.3) is 0 Å². The fourth-order valence-corrected chi connectivity index (χ4v) is 2.55. The second-order valence-corrected chi connectivity index (χ2v) is 5.88. The summed E-state index contributed by atoms with van der Waals surface area (Å²) in [5.41, 5.74) is 2.01. The molecule has 1 rings (SSSR count). The van der Waals surface area contributed by atoms with Crippen LogP contribution in [0.4, 0.5) is 0 Å². The number of hydrogen-bond acceptors (Lipinski definition) is 3. The van der Waals surface area contributed by atoms with E-state index in [0.717, 1.165) is 23.1 Å². The minimum Gasteiger partial charge on any atom is -0.377 e. The molecule has 0 saturated heterocycles. The highest BCUT2D eigenvalue weighted by Gasteiger charge is 2.30. The van der Waals surface area contributed by atoms with Crippen molar-refractivity contribution in [2.45, 2.75) is 45.8 Å². The van der Waals surface area contributed by atoms with Crippen molar-refractivity contribution in [1.29, 1.82) is 0 Å². The fourth-order valence-electron chi connectivity index (χ4n) is 2.05. The second-order valence-electron chi connectivity index (χ2n) is 5.09. The molecular weight excluding hydrogens is 294 g/mol. The van der Waals surface area contributed by atoms with Crippen LogP contribution in [0, 0.1) is 6.92 Å². The minimum atomic E-state index is -0.215. The molecule has 1 atom stereocenters. The van der Waals surface area contributed by atoms with Crippen LogP contribution in [0.2, 0.25) is 0 Å². The number of methoxy groups -OCH3 is 1. The van der Waals surface area contributed by atoms with Crippen LogP contribution < -0.4 is 5.32 Å². The Morgan fingerprint density at radius 2 is 2.11 bits per heavy atom. The third-order valence-corrected chi connectivity index (χ3v) is 4.51. The molecule has 0 saturated carbocycles. The Morgan fingerprint density at radius 3 is 2.50 bits per heavy atom. The molecule has 5 heteroatoms. The molecule has 1 aromatic rings. The maximum atomic E-state index is 5.60. The largest absolute Gasteiger partial charge is 0.377 e. The first-order valence-corrected chi connectivity index (χ1v) is 7.09. The van der Waals surface area contributed by atoms with Gasteiger partial charge < -0.3 is 10.1 Å². The lowest BCUT2D eigenvalue weighted by molar-refractivity contribution is -0.0101. The molecule has 0 radical (unpaired) electrons. The second kappa shape index (κ2) is 6.17. The number of aryl methyl sites for hydroxylation is 2. The summed E-state index contributed by atoms with van der Waals surface area (Å²) in [5, 5.41) is 7.93. The van der Waals surface area contributed by atoms with Gasteiger partial charge in [-0.2, -0.15) is 5.10 Å². The Labute approximate surface area is 118 Å². The lowest BCUT2D eigenvalue weighted by Gasteiger charge is -2.33. The summed E-state index contributed by atoms with van der Waals surface area (Å²) in [6.45, 7) is 9.26. The van der Waals surface area contributed by atoms with Crippen LogP contribution in [0.1, 0.15) is 32.2 Å². The highest BCUT2D eigenvalue weighted by molar-refractivity contribution is 9.10. The zero-order chi connectivity index (χ0) is 13.9. The molecule has 1 unspecified atom stereocenters. The average Bonchev–Trinajstić information content (AvgIpc) is 2.55. The summed E-state index contributed by atoms with van der Waals surface area (Å²) in [5.74, 6) is 0. The van der Waals surface area contributed by atoms with E-state index < -0.39 is 0 Å². The predicted molar refractivity (Wildman–Crippen MR) is 77.9 cm³/mol. The Morgan fingerprint density at radius 1 is 1.50 bits per heavy atom. The number of hydrogen-bond donors (Lipinski definition) is 1. The highest BCUT2D eigenvalue weighted by atomic mass is 79.9. The van der Waals surface area contributed by atoms with E-state index in [4.69, 9.17) is 4.74 Å². The summed E-state index contributed by atoms with van der Waals surface area (Å²) < 4.78 is 8.64. The molecule has 0 spiro atoms. The Balaban J connectivity index is 2.97. The van der Waals surface area contributed by atoms with Gasteiger partial charge in [-0.3, -0.25) is 4.68 Å². The number of likely N-dealkylation sites (N-methyl/N-ethyl adjacent to an activating group) is 1. The normalized spacial score (nSPS) is 13.9. The van der Waals surface area contributed by atoms with Gasteiger partial charge in [0, 0.05) is 26.6 Å². The lowest BCUT2D eigenvalue weighted by Crippen LogP contribution is -2.49. The summed E-state index contributed by atoms with van der Waals surface area (Å²) in [7, 11) is 3.74. The first-order chi connectivity index (χ1) is 8.33. The van der Waals surface area contributed by atoms with Crippen LogP contribution in [0.3, 0.4) is 0 Å². The molecular formula is C13H24BrN3O. The van der Waals surface area contributed by atoms with Crippen molar-refractivity contribution in [3.05, 3.63) is 15.9 Å². The zero-order valence-corrected chi connectivity index (χ0v) is 13.8. The first kappa shape index (κ1) is 15.7. The summed E-state index contributed by atoms with van der Waals surface area (Å²) in [4.78, 5) is 0. The van der Waals surface area contributed by atoms with E-state index in [0.29, 0.717) is 0 Å². The van der Waals surface area contributed by atoms with Gasteiger partial charge in [0.15, 0.2) is 0 Å². The molecule has 0 aromatic carbocycles. The molecule has 4 nitrogen and oxygen atoms in total. The van der Waals surface area contributed by atoms with Gasteiger partial charge in [-0.1, -0.05) is 6.92 Å². The number of nitrogens with zero attached hydrogens (tertiary/aromatic N) is 2. The van der Waals surface area contributed by atoms with Gasteiger partial charge in [0.2, 0.25) is 0 Å². The molecule has 1 N–H and O–H groups in total. The third-order valence-electron chi connectivity index (χ3n) is 3.47. The highest BCUT2D eigenvalue weighted by Crippen LogP contribution is 2.25. The van der Waals surface area contributed by atoms with Crippen molar-refractivity contribution in [3.63, 3.8) is 0 Å². The number of halogens is 1. The van der Waals surface area contributed by atoms with Gasteiger partial charge in [-0.05, 0) is 43.2 Å². The van der Waals surface area contributed by atoms with Crippen molar-refractivity contribution in [1.82, 2.24) is 15.1 Å². The van der Waals surface area contributed by atoms with Crippen molar-refractivity contribution >= 4 is 15.9 Å². The molecule has 0 amide bonds.